The summed E-state index contributed by atoms with van der Waals surface area (Å²) in [6.45, 7) is 0. The van der Waals surface area contributed by atoms with Gasteiger partial charge in [-0.3, -0.25) is 0 Å². The van der Waals surface area contributed by atoms with Gasteiger partial charge in [-0.1, -0.05) is 0 Å². The summed E-state index contributed by atoms with van der Waals surface area (Å²) >= 11 is 3.95. The molecule has 0 aromatic carbocycles. The van der Waals surface area contributed by atoms with E-state index in [1.165, 1.54) is 14.8 Å². The van der Waals surface area contributed by atoms with Gasteiger partial charge < -0.3 is 5.73 Å². The van der Waals surface area contributed by atoms with Crippen LogP contribution in [0.3, 0.4) is 0 Å². The molecule has 0 aliphatic rings. The van der Waals surface area contributed by atoms with Crippen LogP contribution in [0.1, 0.15) is 16.5 Å². The molecule has 2 heterocycles. The third-order valence-electron chi connectivity index (χ3n) is 1.87. The minimum absolute atomic E-state index is 0.108. The molecule has 3 nitrogen and oxygen atoms in total. The van der Waals surface area contributed by atoms with Crippen LogP contribution in [-0.2, 0) is 0 Å². The van der Waals surface area contributed by atoms with Crippen molar-refractivity contribution in [1.82, 2.24) is 9.97 Å². The number of rotatable bonds is 2. The second-order valence-electron chi connectivity index (χ2n) is 2.78. The quantitative estimate of drug-likeness (QED) is 0.864. The van der Waals surface area contributed by atoms with Crippen molar-refractivity contribution in [2.75, 3.05) is 0 Å². The molecule has 0 bridgehead atoms. The monoisotopic (exact) mass is 317 g/mol. The predicted molar refractivity (Wildman–Crippen MR) is 65.1 cm³/mol. The summed E-state index contributed by atoms with van der Waals surface area (Å²) in [7, 11) is 0. The number of halogens is 1. The van der Waals surface area contributed by atoms with Crippen molar-refractivity contribution < 1.29 is 0 Å². The second kappa shape index (κ2) is 4.33. The lowest BCUT2D eigenvalue weighted by molar-refractivity contribution is 0.865. The average molecular weight is 317 g/mol. The Morgan fingerprint density at radius 2 is 2.07 bits per heavy atom. The lowest BCUT2D eigenvalue weighted by Crippen LogP contribution is -2.11. The molecule has 0 spiro atoms. The van der Waals surface area contributed by atoms with Crippen molar-refractivity contribution in [3.05, 3.63) is 44.2 Å². The second-order valence-corrected chi connectivity index (χ2v) is 4.89. The van der Waals surface area contributed by atoms with E-state index in [4.69, 9.17) is 5.73 Å². The van der Waals surface area contributed by atoms with E-state index >= 15 is 0 Å². The predicted octanol–water partition coefficient (Wildman–Crippen LogP) is 2.19. The number of thiophene rings is 1. The number of nitrogens with two attached hydrogens (primary N) is 1. The first-order chi connectivity index (χ1) is 6.79. The van der Waals surface area contributed by atoms with Gasteiger partial charge in [0.15, 0.2) is 0 Å². The van der Waals surface area contributed by atoms with Crippen LogP contribution in [0.5, 0.6) is 0 Å². The van der Waals surface area contributed by atoms with Gasteiger partial charge in [0.2, 0.25) is 0 Å². The summed E-state index contributed by atoms with van der Waals surface area (Å²) < 4.78 is 1.20. The fraction of sp³-hybridized carbons (Fsp3) is 0.111. The highest BCUT2D eigenvalue weighted by Gasteiger charge is 2.13. The van der Waals surface area contributed by atoms with Crippen LogP contribution in [0, 0.1) is 3.57 Å². The first-order valence-electron chi connectivity index (χ1n) is 4.02. The van der Waals surface area contributed by atoms with E-state index in [1.54, 1.807) is 23.7 Å². The van der Waals surface area contributed by atoms with E-state index in [9.17, 15) is 0 Å². The third kappa shape index (κ3) is 1.94. The van der Waals surface area contributed by atoms with Gasteiger partial charge in [0.05, 0.1) is 6.04 Å². The van der Waals surface area contributed by atoms with Gasteiger partial charge >= 0.3 is 0 Å². The molecule has 1 atom stereocenters. The minimum atomic E-state index is -0.108. The molecule has 0 radical (unpaired) electrons. The molecule has 14 heavy (non-hydrogen) atoms. The molecule has 2 aromatic rings. The van der Waals surface area contributed by atoms with Gasteiger partial charge in [0.1, 0.15) is 6.33 Å². The molecular weight excluding hydrogens is 309 g/mol. The molecule has 72 valence electrons. The fourth-order valence-corrected chi connectivity index (χ4v) is 3.10. The van der Waals surface area contributed by atoms with E-state index in [0.717, 1.165) is 5.56 Å². The van der Waals surface area contributed by atoms with E-state index in [2.05, 4.69) is 38.6 Å². The smallest absolute Gasteiger partial charge is 0.115 e. The Morgan fingerprint density at radius 3 is 2.64 bits per heavy atom. The SMILES string of the molecule is NC(c1cncnc1)c1sccc1I. The molecule has 0 aliphatic heterocycles. The highest BCUT2D eigenvalue weighted by atomic mass is 127. The highest BCUT2D eigenvalue weighted by molar-refractivity contribution is 14.1. The van der Waals surface area contributed by atoms with Crippen molar-refractivity contribution in [2.24, 2.45) is 5.73 Å². The number of hydrogen-bond donors (Lipinski definition) is 1. The summed E-state index contributed by atoms with van der Waals surface area (Å²) in [5.74, 6) is 0. The average Bonchev–Trinajstić information content (AvgIpc) is 2.65. The summed E-state index contributed by atoms with van der Waals surface area (Å²) in [6.07, 6.45) is 5.02. The molecule has 2 N–H and O–H groups in total. The molecule has 0 aliphatic carbocycles. The van der Waals surface area contributed by atoms with Gasteiger partial charge in [-0.25, -0.2) is 9.97 Å². The molecule has 1 unspecified atom stereocenters. The number of aromatic nitrogens is 2. The van der Waals surface area contributed by atoms with Crippen molar-refractivity contribution in [3.8, 4) is 0 Å². The van der Waals surface area contributed by atoms with Crippen LogP contribution in [-0.4, -0.2) is 9.97 Å². The first-order valence-corrected chi connectivity index (χ1v) is 5.98. The van der Waals surface area contributed by atoms with Crippen LogP contribution in [0.25, 0.3) is 0 Å². The summed E-state index contributed by atoms with van der Waals surface area (Å²) in [6, 6.07) is 1.95. The van der Waals surface area contributed by atoms with Crippen molar-refractivity contribution in [1.29, 1.82) is 0 Å². The molecule has 0 fully saturated rings. The third-order valence-corrected chi connectivity index (χ3v) is 4.17. The molecule has 2 rings (SSSR count). The molecule has 5 heteroatoms. The van der Waals surface area contributed by atoms with Crippen LogP contribution in [0.15, 0.2) is 30.2 Å². The Bertz CT molecular complexity index is 415. The van der Waals surface area contributed by atoms with Gasteiger partial charge in [-0.05, 0) is 34.0 Å². The number of nitrogens with zero attached hydrogens (tertiary/aromatic N) is 2. The van der Waals surface area contributed by atoms with E-state index in [1.807, 2.05) is 5.38 Å². The van der Waals surface area contributed by atoms with Gasteiger partial charge in [-0.2, -0.15) is 0 Å². The van der Waals surface area contributed by atoms with Gasteiger partial charge in [0, 0.05) is 26.4 Å². The Balaban J connectivity index is 2.34. The molecule has 2 aromatic heterocycles. The zero-order chi connectivity index (χ0) is 9.97. The van der Waals surface area contributed by atoms with Crippen LogP contribution in [0.2, 0.25) is 0 Å². The maximum absolute atomic E-state index is 6.09. The molecular formula is C9H8IN3S. The minimum Gasteiger partial charge on any atom is -0.319 e. The van der Waals surface area contributed by atoms with Crippen molar-refractivity contribution in [3.63, 3.8) is 0 Å². The van der Waals surface area contributed by atoms with Gasteiger partial charge in [0.25, 0.3) is 0 Å². The Kier molecular flexibility index (Phi) is 3.09. The Labute approximate surface area is 99.5 Å². The number of hydrogen-bond acceptors (Lipinski definition) is 4. The topological polar surface area (TPSA) is 51.8 Å². The maximum atomic E-state index is 6.09. The largest absolute Gasteiger partial charge is 0.319 e. The summed E-state index contributed by atoms with van der Waals surface area (Å²) in [5.41, 5.74) is 7.04. The Hall–Kier alpha value is -0.530. The Morgan fingerprint density at radius 1 is 1.36 bits per heavy atom. The van der Waals surface area contributed by atoms with E-state index in [-0.39, 0.29) is 6.04 Å². The normalized spacial score (nSPS) is 12.7. The van der Waals surface area contributed by atoms with E-state index in [0.29, 0.717) is 0 Å². The van der Waals surface area contributed by atoms with Gasteiger partial charge in [-0.15, -0.1) is 11.3 Å². The maximum Gasteiger partial charge on any atom is 0.115 e. The summed E-state index contributed by atoms with van der Waals surface area (Å²) in [5, 5.41) is 2.04. The first kappa shape index (κ1) is 10.0. The van der Waals surface area contributed by atoms with E-state index < -0.39 is 0 Å². The van der Waals surface area contributed by atoms with Crippen molar-refractivity contribution >= 4 is 33.9 Å². The molecule has 0 saturated carbocycles. The fourth-order valence-electron chi connectivity index (χ4n) is 1.15. The lowest BCUT2D eigenvalue weighted by Gasteiger charge is -2.09. The summed E-state index contributed by atoms with van der Waals surface area (Å²) in [4.78, 5) is 9.08. The zero-order valence-corrected chi connectivity index (χ0v) is 10.2. The molecule has 0 saturated heterocycles. The van der Waals surface area contributed by atoms with Crippen LogP contribution in [0.4, 0.5) is 0 Å². The lowest BCUT2D eigenvalue weighted by atomic mass is 10.1. The standard InChI is InChI=1S/C9H8IN3S/c10-7-1-2-14-9(7)8(11)6-3-12-5-13-4-6/h1-5,8H,11H2. The van der Waals surface area contributed by atoms with Crippen LogP contribution < -0.4 is 5.73 Å². The zero-order valence-electron chi connectivity index (χ0n) is 7.22. The highest BCUT2D eigenvalue weighted by Crippen LogP contribution is 2.27. The molecule has 0 amide bonds. The van der Waals surface area contributed by atoms with Crippen molar-refractivity contribution in [2.45, 2.75) is 6.04 Å². The van der Waals surface area contributed by atoms with Crippen LogP contribution >= 0.6 is 33.9 Å².